The van der Waals surface area contributed by atoms with Gasteiger partial charge >= 0.3 is 0 Å². The van der Waals surface area contributed by atoms with Gasteiger partial charge in [0.2, 0.25) is 0 Å². The number of hydrogen-bond donors (Lipinski definition) is 0. The second-order valence-corrected chi connectivity index (χ2v) is 6.71. The van der Waals surface area contributed by atoms with Gasteiger partial charge in [0.05, 0.1) is 17.6 Å². The average molecular weight is 313 g/mol. The molecule has 23 heavy (non-hydrogen) atoms. The van der Waals surface area contributed by atoms with Crippen LogP contribution in [0.2, 0.25) is 0 Å². The minimum Gasteiger partial charge on any atom is -0.301 e. The minimum atomic E-state index is 0.661. The van der Waals surface area contributed by atoms with Crippen molar-refractivity contribution in [2.45, 2.75) is 52.6 Å². The molecule has 1 aliphatic heterocycles. The number of aromatic nitrogens is 4. The third-order valence-corrected chi connectivity index (χ3v) is 4.84. The molecule has 1 fully saturated rings. The third-order valence-electron chi connectivity index (χ3n) is 4.84. The zero-order chi connectivity index (χ0) is 16.2. The molecule has 0 unspecified atom stereocenters. The molecule has 3 heterocycles. The van der Waals surface area contributed by atoms with E-state index in [1.54, 1.807) is 0 Å². The fourth-order valence-electron chi connectivity index (χ4n) is 3.40. The molecule has 1 aliphatic rings. The quantitative estimate of drug-likeness (QED) is 0.851. The molecule has 0 aliphatic carbocycles. The summed E-state index contributed by atoms with van der Waals surface area (Å²) in [6.07, 6.45) is 9.15. The number of likely N-dealkylation sites (tertiary alicyclic amines) is 1. The summed E-state index contributed by atoms with van der Waals surface area (Å²) in [5, 5.41) is 4.32. The molecular formula is C18H27N5. The van der Waals surface area contributed by atoms with Gasteiger partial charge in [-0.25, -0.2) is 4.98 Å². The second-order valence-electron chi connectivity index (χ2n) is 6.71. The maximum Gasteiger partial charge on any atom is 0.107 e. The molecule has 124 valence electrons. The van der Waals surface area contributed by atoms with Gasteiger partial charge in [-0.15, -0.1) is 0 Å². The Bertz CT molecular complexity index is 626. The van der Waals surface area contributed by atoms with Crippen LogP contribution in [0, 0.1) is 5.92 Å². The van der Waals surface area contributed by atoms with Crippen LogP contribution in [-0.4, -0.2) is 43.8 Å². The van der Waals surface area contributed by atoms with Gasteiger partial charge in [0, 0.05) is 25.0 Å². The van der Waals surface area contributed by atoms with Crippen molar-refractivity contribution < 1.29 is 0 Å². The Morgan fingerprint density at radius 3 is 2.70 bits per heavy atom. The number of hydrogen-bond acceptors (Lipinski definition) is 4. The van der Waals surface area contributed by atoms with E-state index in [1.165, 1.54) is 25.9 Å². The Morgan fingerprint density at radius 2 is 2.00 bits per heavy atom. The first-order chi connectivity index (χ1) is 11.2. The smallest absolute Gasteiger partial charge is 0.107 e. The van der Waals surface area contributed by atoms with Crippen LogP contribution in [0.15, 0.2) is 24.7 Å². The Balaban J connectivity index is 1.67. The van der Waals surface area contributed by atoms with Crippen LogP contribution in [0.5, 0.6) is 0 Å². The molecular weight excluding hydrogens is 286 g/mol. The summed E-state index contributed by atoms with van der Waals surface area (Å²) in [5.74, 6) is 0.727. The summed E-state index contributed by atoms with van der Waals surface area (Å²) in [5.41, 5.74) is 3.09. The lowest BCUT2D eigenvalue weighted by Gasteiger charge is -2.34. The fourth-order valence-corrected chi connectivity index (χ4v) is 3.40. The van der Waals surface area contributed by atoms with Crippen LogP contribution in [-0.2, 0) is 13.0 Å². The average Bonchev–Trinajstić information content (AvgIpc) is 3.04. The summed E-state index contributed by atoms with van der Waals surface area (Å²) >= 11 is 0. The highest BCUT2D eigenvalue weighted by molar-refractivity contribution is 5.52. The molecule has 2 aromatic heterocycles. The van der Waals surface area contributed by atoms with Gasteiger partial charge in [-0.3, -0.25) is 9.67 Å². The van der Waals surface area contributed by atoms with Gasteiger partial charge in [-0.2, -0.15) is 5.10 Å². The van der Waals surface area contributed by atoms with Crippen LogP contribution >= 0.6 is 0 Å². The van der Waals surface area contributed by atoms with E-state index in [0.717, 1.165) is 36.0 Å². The summed E-state index contributed by atoms with van der Waals surface area (Å²) in [4.78, 5) is 11.8. The van der Waals surface area contributed by atoms with Gasteiger partial charge in [-0.05, 0) is 65.1 Å². The largest absolute Gasteiger partial charge is 0.301 e. The molecule has 0 atom stereocenters. The number of piperidine rings is 1. The van der Waals surface area contributed by atoms with E-state index in [9.17, 15) is 0 Å². The van der Waals surface area contributed by atoms with Crippen molar-refractivity contribution in [1.82, 2.24) is 24.6 Å². The maximum absolute atomic E-state index is 4.84. The van der Waals surface area contributed by atoms with Gasteiger partial charge in [-0.1, -0.05) is 0 Å². The highest BCUT2D eigenvalue weighted by atomic mass is 15.3. The lowest BCUT2D eigenvalue weighted by atomic mass is 9.91. The number of nitrogens with zero attached hydrogens (tertiary/aromatic N) is 5. The molecule has 0 saturated carbocycles. The van der Waals surface area contributed by atoms with Crippen molar-refractivity contribution >= 4 is 0 Å². The summed E-state index contributed by atoms with van der Waals surface area (Å²) in [6.45, 7) is 9.92. The highest BCUT2D eigenvalue weighted by Crippen LogP contribution is 2.23. The predicted octanol–water partition coefficient (Wildman–Crippen LogP) is 3.02. The van der Waals surface area contributed by atoms with Gasteiger partial charge in [0.25, 0.3) is 0 Å². The van der Waals surface area contributed by atoms with Crippen molar-refractivity contribution in [3.05, 3.63) is 30.4 Å². The van der Waals surface area contributed by atoms with E-state index >= 15 is 0 Å². The Kier molecular flexibility index (Phi) is 5.06. The summed E-state index contributed by atoms with van der Waals surface area (Å²) < 4.78 is 1.97. The summed E-state index contributed by atoms with van der Waals surface area (Å²) in [6, 6.07) is 2.67. The number of aryl methyl sites for hydroxylation is 1. The molecule has 0 radical (unpaired) electrons. The Hall–Kier alpha value is -1.75. The third kappa shape index (κ3) is 3.78. The Labute approximate surface area is 138 Å². The molecule has 0 aromatic carbocycles. The number of rotatable bonds is 5. The van der Waals surface area contributed by atoms with Gasteiger partial charge in [0.15, 0.2) is 0 Å². The van der Waals surface area contributed by atoms with Crippen LogP contribution in [0.25, 0.3) is 11.4 Å². The van der Waals surface area contributed by atoms with Crippen molar-refractivity contribution in [3.63, 3.8) is 0 Å². The van der Waals surface area contributed by atoms with E-state index in [0.29, 0.717) is 6.04 Å². The van der Waals surface area contributed by atoms with Crippen molar-refractivity contribution in [3.8, 4) is 11.4 Å². The van der Waals surface area contributed by atoms with E-state index < -0.39 is 0 Å². The molecule has 0 amide bonds. The van der Waals surface area contributed by atoms with Crippen LogP contribution < -0.4 is 0 Å². The van der Waals surface area contributed by atoms with E-state index in [2.05, 4.69) is 35.8 Å². The first-order valence-corrected chi connectivity index (χ1v) is 8.74. The monoisotopic (exact) mass is 313 g/mol. The lowest BCUT2D eigenvalue weighted by Crippen LogP contribution is -2.38. The predicted molar refractivity (Wildman–Crippen MR) is 92.1 cm³/mol. The minimum absolute atomic E-state index is 0.661. The normalized spacial score (nSPS) is 17.0. The standard InChI is InChI=1S/C18H27N5/c1-4-23-18(5-8-20-23)17-13-19-12-16(21-17)11-15-6-9-22(10-7-15)14(2)3/h5,8,12-15H,4,6-7,9-11H2,1-3H3. The van der Waals surface area contributed by atoms with E-state index in [4.69, 9.17) is 4.98 Å². The lowest BCUT2D eigenvalue weighted by molar-refractivity contribution is 0.149. The molecule has 0 spiro atoms. The van der Waals surface area contributed by atoms with Crippen molar-refractivity contribution in [1.29, 1.82) is 0 Å². The van der Waals surface area contributed by atoms with Crippen LogP contribution in [0.4, 0.5) is 0 Å². The molecule has 5 nitrogen and oxygen atoms in total. The molecule has 2 aromatic rings. The summed E-state index contributed by atoms with van der Waals surface area (Å²) in [7, 11) is 0. The second kappa shape index (κ2) is 7.21. The van der Waals surface area contributed by atoms with Crippen LogP contribution in [0.3, 0.4) is 0 Å². The highest BCUT2D eigenvalue weighted by Gasteiger charge is 2.21. The first-order valence-electron chi connectivity index (χ1n) is 8.74. The first kappa shape index (κ1) is 16.1. The SMILES string of the molecule is CCn1nccc1-c1cncc(CC2CCN(C(C)C)CC2)n1. The van der Waals surface area contributed by atoms with Gasteiger partial charge < -0.3 is 4.90 Å². The maximum atomic E-state index is 4.84. The van der Waals surface area contributed by atoms with Gasteiger partial charge in [0.1, 0.15) is 5.69 Å². The molecule has 0 N–H and O–H groups in total. The molecule has 1 saturated heterocycles. The Morgan fingerprint density at radius 1 is 1.22 bits per heavy atom. The fraction of sp³-hybridized carbons (Fsp3) is 0.611. The van der Waals surface area contributed by atoms with E-state index in [1.807, 2.05) is 29.3 Å². The topological polar surface area (TPSA) is 46.8 Å². The zero-order valence-electron chi connectivity index (χ0n) is 14.4. The van der Waals surface area contributed by atoms with Crippen LogP contribution in [0.1, 0.15) is 39.3 Å². The molecule has 0 bridgehead atoms. The van der Waals surface area contributed by atoms with E-state index in [-0.39, 0.29) is 0 Å². The molecule has 3 rings (SSSR count). The zero-order valence-corrected chi connectivity index (χ0v) is 14.4. The van der Waals surface area contributed by atoms with Crippen molar-refractivity contribution in [2.24, 2.45) is 5.92 Å². The molecule has 5 heteroatoms. The van der Waals surface area contributed by atoms with Crippen molar-refractivity contribution in [2.75, 3.05) is 13.1 Å².